The maximum atomic E-state index is 11.2. The Morgan fingerprint density at radius 2 is 2.29 bits per heavy atom. The van der Waals surface area contributed by atoms with Gasteiger partial charge in [0.05, 0.1) is 20.3 Å². The summed E-state index contributed by atoms with van der Waals surface area (Å²) in [5, 5.41) is 13.5. The molecule has 0 amide bonds. The summed E-state index contributed by atoms with van der Waals surface area (Å²) in [6.07, 6.45) is -0.912. The van der Waals surface area contributed by atoms with Crippen LogP contribution in [-0.2, 0) is 9.47 Å². The van der Waals surface area contributed by atoms with Gasteiger partial charge in [0.25, 0.3) is 0 Å². The van der Waals surface area contributed by atoms with Crippen molar-refractivity contribution in [3.63, 3.8) is 0 Å². The molecule has 17 heavy (non-hydrogen) atoms. The molecule has 1 aliphatic heterocycles. The van der Waals surface area contributed by atoms with Gasteiger partial charge in [-0.1, -0.05) is 5.16 Å². The number of hydrogen-bond donors (Lipinski definition) is 1. The highest BCUT2D eigenvalue weighted by molar-refractivity contribution is 5.86. The number of rotatable bonds is 3. The van der Waals surface area contributed by atoms with Crippen LogP contribution in [0.1, 0.15) is 22.5 Å². The maximum absolute atomic E-state index is 11.2. The first-order valence-corrected chi connectivity index (χ1v) is 5.27. The highest BCUT2D eigenvalue weighted by Gasteiger charge is 2.25. The summed E-state index contributed by atoms with van der Waals surface area (Å²) in [6, 6.07) is 1.38. The molecule has 7 nitrogen and oxygen atoms in total. The molecule has 0 aromatic carbocycles. The summed E-state index contributed by atoms with van der Waals surface area (Å²) >= 11 is 0. The number of ether oxygens (including phenoxy) is 2. The van der Waals surface area contributed by atoms with Gasteiger partial charge in [0.15, 0.2) is 17.7 Å². The van der Waals surface area contributed by atoms with E-state index < -0.39 is 12.2 Å². The Bertz CT molecular complexity index is 386. The third-order valence-corrected chi connectivity index (χ3v) is 2.57. The van der Waals surface area contributed by atoms with Crippen molar-refractivity contribution in [3.05, 3.63) is 17.5 Å². The van der Waals surface area contributed by atoms with Gasteiger partial charge in [-0.05, 0) is 0 Å². The molecule has 1 aromatic rings. The molecule has 2 rings (SSSR count). The quantitative estimate of drug-likeness (QED) is 0.733. The molecule has 1 saturated heterocycles. The summed E-state index contributed by atoms with van der Waals surface area (Å²) in [5.74, 6) is -0.360. The fourth-order valence-corrected chi connectivity index (χ4v) is 1.61. The predicted octanol–water partition coefficient (Wildman–Crippen LogP) is -0.216. The highest BCUT2D eigenvalue weighted by Crippen LogP contribution is 2.19. The summed E-state index contributed by atoms with van der Waals surface area (Å²) in [7, 11) is 1.26. The van der Waals surface area contributed by atoms with E-state index in [0.29, 0.717) is 26.3 Å². The molecule has 0 spiro atoms. The second-order valence-corrected chi connectivity index (χ2v) is 3.63. The normalized spacial score (nSPS) is 18.9. The summed E-state index contributed by atoms with van der Waals surface area (Å²) in [4.78, 5) is 12.9. The second-order valence-electron chi connectivity index (χ2n) is 3.63. The van der Waals surface area contributed by atoms with Gasteiger partial charge >= 0.3 is 5.97 Å². The minimum absolute atomic E-state index is 0.0507. The van der Waals surface area contributed by atoms with Crippen LogP contribution in [-0.4, -0.2) is 54.5 Å². The zero-order valence-corrected chi connectivity index (χ0v) is 9.46. The van der Waals surface area contributed by atoms with Gasteiger partial charge in [-0.15, -0.1) is 0 Å². The van der Waals surface area contributed by atoms with Crippen LogP contribution in [0.15, 0.2) is 10.6 Å². The van der Waals surface area contributed by atoms with E-state index in [0.717, 1.165) is 0 Å². The van der Waals surface area contributed by atoms with E-state index in [1.165, 1.54) is 13.2 Å². The smallest absolute Gasteiger partial charge is 0.360 e. The lowest BCUT2D eigenvalue weighted by Gasteiger charge is -2.29. The molecule has 0 bridgehead atoms. The molecule has 2 heterocycles. The number of nitrogens with zero attached hydrogens (tertiary/aromatic N) is 2. The lowest BCUT2D eigenvalue weighted by Crippen LogP contribution is -2.38. The summed E-state index contributed by atoms with van der Waals surface area (Å²) in [5.41, 5.74) is 0.0507. The van der Waals surface area contributed by atoms with E-state index in [1.807, 2.05) is 0 Å². The molecule has 1 aliphatic rings. The molecule has 0 saturated carbocycles. The van der Waals surface area contributed by atoms with E-state index in [2.05, 4.69) is 9.89 Å². The Hall–Kier alpha value is -1.44. The van der Waals surface area contributed by atoms with Gasteiger partial charge in [0, 0.05) is 19.2 Å². The topological polar surface area (TPSA) is 85.0 Å². The van der Waals surface area contributed by atoms with Crippen molar-refractivity contribution in [2.24, 2.45) is 0 Å². The molecule has 1 unspecified atom stereocenters. The van der Waals surface area contributed by atoms with E-state index in [4.69, 9.17) is 9.26 Å². The van der Waals surface area contributed by atoms with Gasteiger partial charge in [-0.2, -0.15) is 0 Å². The number of aliphatic hydroxyl groups excluding tert-OH is 1. The first kappa shape index (κ1) is 12.0. The lowest BCUT2D eigenvalue weighted by atomic mass is 10.3. The lowest BCUT2D eigenvalue weighted by molar-refractivity contribution is -0.0713. The molecule has 0 aliphatic carbocycles. The third-order valence-electron chi connectivity index (χ3n) is 2.57. The van der Waals surface area contributed by atoms with Crippen molar-refractivity contribution >= 4 is 5.97 Å². The Morgan fingerprint density at radius 1 is 1.59 bits per heavy atom. The van der Waals surface area contributed by atoms with E-state index in [1.54, 1.807) is 4.90 Å². The SMILES string of the molecule is COC(=O)c1cc(C(O)N2CCOCC2)on1. The van der Waals surface area contributed by atoms with Crippen LogP contribution in [0.5, 0.6) is 0 Å². The van der Waals surface area contributed by atoms with Crippen LogP contribution >= 0.6 is 0 Å². The Labute approximate surface area is 97.9 Å². The zero-order valence-electron chi connectivity index (χ0n) is 9.46. The van der Waals surface area contributed by atoms with Gasteiger partial charge in [-0.3, -0.25) is 4.90 Å². The fourth-order valence-electron chi connectivity index (χ4n) is 1.61. The molecule has 94 valence electrons. The van der Waals surface area contributed by atoms with Crippen LogP contribution in [0.3, 0.4) is 0 Å². The Morgan fingerprint density at radius 3 is 2.94 bits per heavy atom. The van der Waals surface area contributed by atoms with Gasteiger partial charge in [-0.25, -0.2) is 4.79 Å². The largest absolute Gasteiger partial charge is 0.464 e. The van der Waals surface area contributed by atoms with Crippen LogP contribution in [0.4, 0.5) is 0 Å². The molecule has 1 aromatic heterocycles. The van der Waals surface area contributed by atoms with Crippen molar-refractivity contribution in [1.82, 2.24) is 10.1 Å². The zero-order chi connectivity index (χ0) is 12.3. The number of morpholine rings is 1. The Kier molecular flexibility index (Phi) is 3.72. The van der Waals surface area contributed by atoms with Crippen LogP contribution in [0.25, 0.3) is 0 Å². The summed E-state index contributed by atoms with van der Waals surface area (Å²) in [6.45, 7) is 2.34. The first-order valence-electron chi connectivity index (χ1n) is 5.27. The first-order chi connectivity index (χ1) is 8.22. The second kappa shape index (κ2) is 5.26. The van der Waals surface area contributed by atoms with Gasteiger partial charge < -0.3 is 19.1 Å². The monoisotopic (exact) mass is 242 g/mol. The maximum Gasteiger partial charge on any atom is 0.360 e. The van der Waals surface area contributed by atoms with Crippen LogP contribution in [0.2, 0.25) is 0 Å². The van der Waals surface area contributed by atoms with Gasteiger partial charge in [0.1, 0.15) is 0 Å². The van der Waals surface area contributed by atoms with Crippen LogP contribution in [0, 0.1) is 0 Å². The van der Waals surface area contributed by atoms with Crippen molar-refractivity contribution in [3.8, 4) is 0 Å². The number of aliphatic hydroxyl groups is 1. The molecule has 1 fully saturated rings. The molecule has 0 radical (unpaired) electrons. The van der Waals surface area contributed by atoms with Crippen molar-refractivity contribution in [1.29, 1.82) is 0 Å². The van der Waals surface area contributed by atoms with Crippen molar-refractivity contribution in [2.45, 2.75) is 6.23 Å². The minimum Gasteiger partial charge on any atom is -0.464 e. The Balaban J connectivity index is 2.05. The molecule has 1 atom stereocenters. The summed E-state index contributed by atoms with van der Waals surface area (Å²) < 4.78 is 14.6. The average molecular weight is 242 g/mol. The minimum atomic E-state index is -0.912. The van der Waals surface area contributed by atoms with E-state index in [9.17, 15) is 9.90 Å². The predicted molar refractivity (Wildman–Crippen MR) is 55.2 cm³/mol. The van der Waals surface area contributed by atoms with Crippen molar-refractivity contribution < 1.29 is 23.9 Å². The number of methoxy groups -OCH3 is 1. The average Bonchev–Trinajstić information content (AvgIpc) is 2.87. The number of hydrogen-bond acceptors (Lipinski definition) is 7. The number of esters is 1. The third kappa shape index (κ3) is 2.63. The number of carbonyl (C=O) groups excluding carboxylic acids is 1. The highest BCUT2D eigenvalue weighted by atomic mass is 16.5. The standard InChI is InChI=1S/C10H14N2O5/c1-15-10(14)7-6-8(17-11-7)9(13)12-2-4-16-5-3-12/h6,9,13H,2-5H2,1H3. The molecule has 1 N–H and O–H groups in total. The fraction of sp³-hybridized carbons (Fsp3) is 0.600. The molecular formula is C10H14N2O5. The van der Waals surface area contributed by atoms with E-state index >= 15 is 0 Å². The number of carbonyl (C=O) groups is 1. The molecular weight excluding hydrogens is 228 g/mol. The van der Waals surface area contributed by atoms with E-state index in [-0.39, 0.29) is 11.5 Å². The van der Waals surface area contributed by atoms with Crippen LogP contribution < -0.4 is 0 Å². The van der Waals surface area contributed by atoms with Gasteiger partial charge in [0.2, 0.25) is 0 Å². The molecule has 7 heteroatoms. The van der Waals surface area contributed by atoms with Crippen molar-refractivity contribution in [2.75, 3.05) is 33.4 Å². The number of aromatic nitrogens is 1.